The maximum atomic E-state index is 12.7. The van der Waals surface area contributed by atoms with Crippen LogP contribution in [0.1, 0.15) is 32.1 Å². The number of hydrogen-bond acceptors (Lipinski definition) is 4. The monoisotopic (exact) mass is 305 g/mol. The molecule has 2 rings (SSSR count). The highest BCUT2D eigenvalue weighted by atomic mass is 32.2. The van der Waals surface area contributed by atoms with Crippen LogP contribution < -0.4 is 0 Å². The van der Waals surface area contributed by atoms with Gasteiger partial charge >= 0.3 is 0 Å². The molecule has 1 N–H and O–H groups in total. The van der Waals surface area contributed by atoms with Crippen LogP contribution in [0.4, 0.5) is 0 Å². The fraction of sp³-hybridized carbons (Fsp3) is 1.00. The predicted molar refractivity (Wildman–Crippen MR) is 78.6 cm³/mol. The van der Waals surface area contributed by atoms with Crippen molar-refractivity contribution in [1.29, 1.82) is 0 Å². The summed E-state index contributed by atoms with van der Waals surface area (Å²) < 4.78 is 28.5. The van der Waals surface area contributed by atoms with Gasteiger partial charge < -0.3 is 10.0 Å². The van der Waals surface area contributed by atoms with Gasteiger partial charge in [0.15, 0.2) is 0 Å². The first-order chi connectivity index (χ1) is 9.46. The van der Waals surface area contributed by atoms with Crippen molar-refractivity contribution in [3.63, 3.8) is 0 Å². The third kappa shape index (κ3) is 3.33. The predicted octanol–water partition coefficient (Wildman–Crippen LogP) is 0.104. The van der Waals surface area contributed by atoms with Crippen molar-refractivity contribution in [2.24, 2.45) is 0 Å². The summed E-state index contributed by atoms with van der Waals surface area (Å²) in [6, 6.07) is 0.233. The van der Waals surface area contributed by atoms with E-state index in [4.69, 9.17) is 0 Å². The standard InChI is InChI=1S/C13H27N3O3S/c1-14(2)12-6-9-15(10-7-12)20(18,19)16-8-4-3-5-13(16)11-17/h12-13,17H,3-11H2,1-2H3. The fourth-order valence-electron chi connectivity index (χ4n) is 3.20. The highest BCUT2D eigenvalue weighted by molar-refractivity contribution is 7.86. The van der Waals surface area contributed by atoms with E-state index in [9.17, 15) is 13.5 Å². The van der Waals surface area contributed by atoms with Gasteiger partial charge in [-0.2, -0.15) is 17.0 Å². The Kier molecular flexibility index (Phi) is 5.42. The lowest BCUT2D eigenvalue weighted by atomic mass is 10.1. The fourth-order valence-corrected chi connectivity index (χ4v) is 5.08. The molecule has 118 valence electrons. The largest absolute Gasteiger partial charge is 0.395 e. The molecule has 0 aromatic carbocycles. The first-order valence-corrected chi connectivity index (χ1v) is 8.90. The van der Waals surface area contributed by atoms with Gasteiger partial charge in [0, 0.05) is 31.7 Å². The normalized spacial score (nSPS) is 28.1. The van der Waals surface area contributed by atoms with Crippen LogP contribution in [0.2, 0.25) is 0 Å². The van der Waals surface area contributed by atoms with Crippen molar-refractivity contribution in [3.8, 4) is 0 Å². The van der Waals surface area contributed by atoms with Crippen molar-refractivity contribution >= 4 is 10.2 Å². The minimum absolute atomic E-state index is 0.0760. The van der Waals surface area contributed by atoms with E-state index in [-0.39, 0.29) is 12.6 Å². The summed E-state index contributed by atoms with van der Waals surface area (Å²) >= 11 is 0. The SMILES string of the molecule is CN(C)C1CCN(S(=O)(=O)N2CCCCC2CO)CC1. The van der Waals surface area contributed by atoms with Crippen LogP contribution in [0, 0.1) is 0 Å². The summed E-state index contributed by atoms with van der Waals surface area (Å²) in [6.07, 6.45) is 4.42. The van der Waals surface area contributed by atoms with E-state index in [1.807, 2.05) is 14.1 Å². The van der Waals surface area contributed by atoms with Crippen molar-refractivity contribution in [2.75, 3.05) is 40.3 Å². The molecule has 0 aliphatic carbocycles. The molecule has 0 spiro atoms. The number of aliphatic hydroxyl groups is 1. The molecule has 2 heterocycles. The average molecular weight is 305 g/mol. The molecule has 0 amide bonds. The van der Waals surface area contributed by atoms with Crippen LogP contribution in [-0.4, -0.2) is 79.5 Å². The van der Waals surface area contributed by atoms with E-state index >= 15 is 0 Å². The minimum atomic E-state index is -3.41. The lowest BCUT2D eigenvalue weighted by Gasteiger charge is -2.40. The zero-order valence-corrected chi connectivity index (χ0v) is 13.3. The van der Waals surface area contributed by atoms with Crippen LogP contribution in [0.5, 0.6) is 0 Å². The van der Waals surface area contributed by atoms with Crippen LogP contribution in [0.3, 0.4) is 0 Å². The lowest BCUT2D eigenvalue weighted by molar-refractivity contribution is 0.139. The van der Waals surface area contributed by atoms with Gasteiger partial charge in [-0.3, -0.25) is 0 Å². The maximum Gasteiger partial charge on any atom is 0.282 e. The summed E-state index contributed by atoms with van der Waals surface area (Å²) in [5, 5.41) is 9.41. The minimum Gasteiger partial charge on any atom is -0.395 e. The summed E-state index contributed by atoms with van der Waals surface area (Å²) in [5.41, 5.74) is 0. The Morgan fingerprint density at radius 1 is 1.10 bits per heavy atom. The molecule has 0 aromatic rings. The van der Waals surface area contributed by atoms with Gasteiger partial charge in [0.25, 0.3) is 10.2 Å². The molecule has 0 radical (unpaired) electrons. The third-order valence-corrected chi connectivity index (χ3v) is 6.65. The first-order valence-electron chi connectivity index (χ1n) is 7.51. The van der Waals surface area contributed by atoms with E-state index < -0.39 is 10.2 Å². The van der Waals surface area contributed by atoms with E-state index in [1.54, 1.807) is 4.31 Å². The summed E-state index contributed by atoms with van der Waals surface area (Å²) in [5.74, 6) is 0. The van der Waals surface area contributed by atoms with Gasteiger partial charge in [0.05, 0.1) is 6.61 Å². The van der Waals surface area contributed by atoms with Crippen molar-refractivity contribution in [2.45, 2.75) is 44.2 Å². The van der Waals surface area contributed by atoms with Crippen molar-refractivity contribution in [3.05, 3.63) is 0 Å². The topological polar surface area (TPSA) is 64.1 Å². The summed E-state index contributed by atoms with van der Waals surface area (Å²) in [7, 11) is 0.678. The average Bonchev–Trinajstić information content (AvgIpc) is 2.47. The molecule has 2 aliphatic rings. The van der Waals surface area contributed by atoms with Crippen LogP contribution in [-0.2, 0) is 10.2 Å². The van der Waals surface area contributed by atoms with Gasteiger partial charge in [-0.1, -0.05) is 6.42 Å². The first kappa shape index (κ1) is 16.2. The Hall–Kier alpha value is -0.210. The molecule has 0 bridgehead atoms. The molecular weight excluding hydrogens is 278 g/mol. The van der Waals surface area contributed by atoms with Gasteiger partial charge in [-0.25, -0.2) is 0 Å². The molecule has 2 aliphatic heterocycles. The summed E-state index contributed by atoms with van der Waals surface area (Å²) in [6.45, 7) is 1.63. The van der Waals surface area contributed by atoms with E-state index in [0.717, 1.165) is 32.1 Å². The molecule has 2 fully saturated rings. The third-order valence-electron chi connectivity index (χ3n) is 4.56. The molecule has 1 unspecified atom stereocenters. The second-order valence-electron chi connectivity index (χ2n) is 6.04. The quantitative estimate of drug-likeness (QED) is 0.800. The van der Waals surface area contributed by atoms with Crippen LogP contribution >= 0.6 is 0 Å². The second-order valence-corrected chi connectivity index (χ2v) is 7.93. The van der Waals surface area contributed by atoms with Crippen LogP contribution in [0.25, 0.3) is 0 Å². The van der Waals surface area contributed by atoms with Gasteiger partial charge in [-0.05, 0) is 39.8 Å². The molecule has 6 nitrogen and oxygen atoms in total. The lowest BCUT2D eigenvalue weighted by Crippen LogP contribution is -2.54. The Labute approximate surface area is 122 Å². The maximum absolute atomic E-state index is 12.7. The molecule has 2 saturated heterocycles. The van der Waals surface area contributed by atoms with Crippen molar-refractivity contribution < 1.29 is 13.5 Å². The molecular formula is C13H27N3O3S. The van der Waals surface area contributed by atoms with E-state index in [1.165, 1.54) is 4.31 Å². The Morgan fingerprint density at radius 3 is 2.30 bits per heavy atom. The Morgan fingerprint density at radius 2 is 1.75 bits per heavy atom. The number of nitrogens with zero attached hydrogens (tertiary/aromatic N) is 3. The highest BCUT2D eigenvalue weighted by Crippen LogP contribution is 2.25. The smallest absolute Gasteiger partial charge is 0.282 e. The molecule has 7 heteroatoms. The van der Waals surface area contributed by atoms with Gasteiger partial charge in [-0.15, -0.1) is 0 Å². The van der Waals surface area contributed by atoms with E-state index in [0.29, 0.717) is 25.7 Å². The van der Waals surface area contributed by atoms with Gasteiger partial charge in [0.2, 0.25) is 0 Å². The Balaban J connectivity index is 2.03. The molecule has 0 aromatic heterocycles. The van der Waals surface area contributed by atoms with Gasteiger partial charge in [0.1, 0.15) is 0 Å². The Bertz CT molecular complexity index is 405. The van der Waals surface area contributed by atoms with E-state index in [2.05, 4.69) is 4.90 Å². The highest BCUT2D eigenvalue weighted by Gasteiger charge is 2.37. The number of aliphatic hydroxyl groups excluding tert-OH is 1. The molecule has 1 atom stereocenters. The number of hydrogen-bond donors (Lipinski definition) is 1. The zero-order chi connectivity index (χ0) is 14.8. The zero-order valence-electron chi connectivity index (χ0n) is 12.5. The second kappa shape index (κ2) is 6.70. The molecule has 0 saturated carbocycles. The van der Waals surface area contributed by atoms with Crippen LogP contribution in [0.15, 0.2) is 0 Å². The van der Waals surface area contributed by atoms with Crippen molar-refractivity contribution in [1.82, 2.24) is 13.5 Å². The summed E-state index contributed by atoms with van der Waals surface area (Å²) in [4.78, 5) is 2.17. The number of rotatable bonds is 4. The number of piperidine rings is 2. The molecule has 20 heavy (non-hydrogen) atoms.